The maximum Gasteiger partial charge on any atom is 0.187 e. The summed E-state index contributed by atoms with van der Waals surface area (Å²) >= 11 is 11.9. The molecule has 2 N–H and O–H groups in total. The van der Waals surface area contributed by atoms with Crippen LogP contribution in [0.4, 0.5) is 4.39 Å². The van der Waals surface area contributed by atoms with Gasteiger partial charge in [-0.3, -0.25) is 9.79 Å². The number of rotatable bonds is 4. The van der Waals surface area contributed by atoms with Crippen LogP contribution in [0.2, 0.25) is 10.0 Å². The SMILES string of the molecule is C[C@@]1(c2cc(CC(=O)c3ncc(Cl)cc3Cl)ccc2F)CS(=O)(=O)C2(CCCC2)C(N)=N1. The molecule has 2 aromatic rings. The summed E-state index contributed by atoms with van der Waals surface area (Å²) in [7, 11) is -3.66. The number of aliphatic imine (C=N–C) groups is 1. The number of amidine groups is 1. The van der Waals surface area contributed by atoms with Crippen LogP contribution in [-0.2, 0) is 21.8 Å². The van der Waals surface area contributed by atoms with Crippen LogP contribution in [0.25, 0.3) is 0 Å². The fraction of sp³-hybridized carbons (Fsp3) is 0.409. The minimum absolute atomic E-state index is 0.0433. The summed E-state index contributed by atoms with van der Waals surface area (Å²) in [5.41, 5.74) is 5.42. The molecule has 1 aliphatic heterocycles. The van der Waals surface area contributed by atoms with Gasteiger partial charge in [0.15, 0.2) is 15.6 Å². The van der Waals surface area contributed by atoms with Crippen molar-refractivity contribution in [3.8, 4) is 0 Å². The molecule has 2 aliphatic rings. The Kier molecular flexibility index (Phi) is 5.84. The molecule has 0 radical (unpaired) electrons. The van der Waals surface area contributed by atoms with Gasteiger partial charge in [0.2, 0.25) is 0 Å². The second-order valence-electron chi connectivity index (χ2n) is 8.63. The van der Waals surface area contributed by atoms with Crippen LogP contribution in [-0.4, -0.2) is 35.5 Å². The number of carbonyl (C=O) groups excluding carboxylic acids is 1. The summed E-state index contributed by atoms with van der Waals surface area (Å²) in [6, 6.07) is 5.56. The van der Waals surface area contributed by atoms with E-state index < -0.39 is 25.9 Å². The molecule has 0 saturated heterocycles. The first kappa shape index (κ1) is 23.1. The summed E-state index contributed by atoms with van der Waals surface area (Å²) in [6.07, 6.45) is 3.62. The fourth-order valence-electron chi connectivity index (χ4n) is 4.70. The number of sulfone groups is 1. The number of Topliss-reactive ketones (excluding diaryl/α,β-unsaturated/α-hetero) is 1. The quantitative estimate of drug-likeness (QED) is 0.635. The third-order valence-electron chi connectivity index (χ3n) is 6.36. The van der Waals surface area contributed by atoms with Crippen LogP contribution >= 0.6 is 23.2 Å². The number of benzene rings is 1. The Hall–Kier alpha value is -2.03. The Bertz CT molecular complexity index is 1240. The number of pyridine rings is 1. The maximum absolute atomic E-state index is 14.9. The number of carbonyl (C=O) groups is 1. The first-order chi connectivity index (χ1) is 15.0. The molecule has 0 unspecified atom stereocenters. The number of hydrogen-bond acceptors (Lipinski definition) is 6. The zero-order valence-electron chi connectivity index (χ0n) is 17.4. The zero-order valence-corrected chi connectivity index (χ0v) is 19.7. The molecule has 1 atom stereocenters. The summed E-state index contributed by atoms with van der Waals surface area (Å²) in [5, 5.41) is 0.423. The van der Waals surface area contributed by atoms with Gasteiger partial charge in [-0.25, -0.2) is 17.8 Å². The third kappa shape index (κ3) is 3.82. The Morgan fingerprint density at radius 1 is 1.22 bits per heavy atom. The highest BCUT2D eigenvalue weighted by Gasteiger charge is 2.55. The molecular weight excluding hydrogens is 476 g/mol. The first-order valence-electron chi connectivity index (χ1n) is 10.2. The topological polar surface area (TPSA) is 102 Å². The van der Waals surface area contributed by atoms with Gasteiger partial charge in [0.05, 0.1) is 15.8 Å². The van der Waals surface area contributed by atoms with E-state index in [-0.39, 0.29) is 40.1 Å². The number of nitrogens with zero attached hydrogens (tertiary/aromatic N) is 2. The van der Waals surface area contributed by atoms with Gasteiger partial charge in [0, 0.05) is 18.2 Å². The van der Waals surface area contributed by atoms with Crippen LogP contribution in [0.1, 0.15) is 54.2 Å². The monoisotopic (exact) mass is 497 g/mol. The predicted octanol–water partition coefficient (Wildman–Crippen LogP) is 4.27. The Balaban J connectivity index is 1.70. The van der Waals surface area contributed by atoms with Crippen LogP contribution in [0.15, 0.2) is 35.5 Å². The highest BCUT2D eigenvalue weighted by atomic mass is 35.5. The van der Waals surface area contributed by atoms with Gasteiger partial charge in [-0.05, 0) is 43.5 Å². The van der Waals surface area contributed by atoms with Crippen molar-refractivity contribution in [1.29, 1.82) is 0 Å². The van der Waals surface area contributed by atoms with Crippen molar-refractivity contribution in [3.63, 3.8) is 0 Å². The summed E-state index contributed by atoms with van der Waals surface area (Å²) in [4.78, 5) is 21.2. The second kappa shape index (κ2) is 8.08. The first-order valence-corrected chi connectivity index (χ1v) is 12.6. The molecule has 10 heteroatoms. The highest BCUT2D eigenvalue weighted by Crippen LogP contribution is 2.45. The molecule has 1 aromatic carbocycles. The van der Waals surface area contributed by atoms with Crippen molar-refractivity contribution in [2.75, 3.05) is 5.75 Å². The van der Waals surface area contributed by atoms with Crippen molar-refractivity contribution in [2.24, 2.45) is 10.7 Å². The lowest BCUT2D eigenvalue weighted by molar-refractivity contribution is 0.0988. The van der Waals surface area contributed by atoms with Gasteiger partial charge in [-0.15, -0.1) is 0 Å². The molecule has 0 bridgehead atoms. The standard InChI is InChI=1S/C22H22Cl2FN3O3S/c1-21(12-32(30,31)22(20(26)28-21)6-2-3-7-22)15-8-13(4-5-17(15)25)9-18(29)19-16(24)10-14(23)11-27-19/h4-5,8,10-11H,2-3,6-7,9,12H2,1H3,(H2,26,28)/t21-/m0/s1. The summed E-state index contributed by atoms with van der Waals surface area (Å²) < 4.78 is 40.2. The van der Waals surface area contributed by atoms with E-state index in [0.717, 1.165) is 12.8 Å². The molecule has 0 amide bonds. The van der Waals surface area contributed by atoms with E-state index in [1.54, 1.807) is 6.92 Å². The average Bonchev–Trinajstić information content (AvgIpc) is 3.19. The number of ketones is 1. The Morgan fingerprint density at radius 2 is 1.91 bits per heavy atom. The number of hydrogen-bond donors (Lipinski definition) is 1. The van der Waals surface area contributed by atoms with Gasteiger partial charge in [-0.1, -0.05) is 42.1 Å². The van der Waals surface area contributed by atoms with Gasteiger partial charge < -0.3 is 5.73 Å². The van der Waals surface area contributed by atoms with E-state index in [0.29, 0.717) is 23.4 Å². The number of halogens is 3. The van der Waals surface area contributed by atoms with Crippen molar-refractivity contribution in [3.05, 3.63) is 63.1 Å². The van der Waals surface area contributed by atoms with E-state index in [4.69, 9.17) is 28.9 Å². The molecule has 6 nitrogen and oxygen atoms in total. The highest BCUT2D eigenvalue weighted by molar-refractivity contribution is 7.93. The predicted molar refractivity (Wildman–Crippen MR) is 123 cm³/mol. The molecular formula is C22H22Cl2FN3O3S. The van der Waals surface area contributed by atoms with E-state index in [1.165, 1.54) is 30.5 Å². The van der Waals surface area contributed by atoms with Gasteiger partial charge in [0.1, 0.15) is 27.6 Å². The lowest BCUT2D eigenvalue weighted by atomic mass is 9.90. The number of aromatic nitrogens is 1. The molecule has 1 saturated carbocycles. The van der Waals surface area contributed by atoms with Crippen LogP contribution in [0.5, 0.6) is 0 Å². The smallest absolute Gasteiger partial charge is 0.187 e. The third-order valence-corrected chi connectivity index (χ3v) is 9.60. The summed E-state index contributed by atoms with van der Waals surface area (Å²) in [6.45, 7) is 1.56. The van der Waals surface area contributed by atoms with E-state index in [1.807, 2.05) is 0 Å². The normalized spacial score (nSPS) is 23.8. The van der Waals surface area contributed by atoms with E-state index >= 15 is 0 Å². The molecule has 2 heterocycles. The van der Waals surface area contributed by atoms with Crippen LogP contribution in [0, 0.1) is 5.82 Å². The Labute approximate surface area is 196 Å². The zero-order chi connectivity index (χ0) is 23.3. The van der Waals surface area contributed by atoms with Gasteiger partial charge >= 0.3 is 0 Å². The molecule has 1 fully saturated rings. The fourth-order valence-corrected chi connectivity index (χ4v) is 7.70. The van der Waals surface area contributed by atoms with E-state index in [9.17, 15) is 17.6 Å². The Morgan fingerprint density at radius 3 is 2.53 bits per heavy atom. The van der Waals surface area contributed by atoms with Gasteiger partial charge in [-0.2, -0.15) is 0 Å². The second-order valence-corrected chi connectivity index (χ2v) is 11.8. The molecule has 4 rings (SSSR count). The summed E-state index contributed by atoms with van der Waals surface area (Å²) in [5.74, 6) is -1.29. The van der Waals surface area contributed by atoms with Crippen molar-refractivity contribution in [2.45, 2.75) is 49.3 Å². The van der Waals surface area contributed by atoms with Crippen LogP contribution in [0.3, 0.4) is 0 Å². The minimum Gasteiger partial charge on any atom is -0.386 e. The van der Waals surface area contributed by atoms with Crippen molar-refractivity contribution < 1.29 is 17.6 Å². The van der Waals surface area contributed by atoms with Crippen molar-refractivity contribution in [1.82, 2.24) is 4.98 Å². The van der Waals surface area contributed by atoms with E-state index in [2.05, 4.69) is 9.98 Å². The lowest BCUT2D eigenvalue weighted by Crippen LogP contribution is -2.56. The molecule has 170 valence electrons. The maximum atomic E-state index is 14.9. The number of nitrogens with two attached hydrogens (primary N) is 1. The van der Waals surface area contributed by atoms with Gasteiger partial charge in [0.25, 0.3) is 0 Å². The molecule has 1 aromatic heterocycles. The van der Waals surface area contributed by atoms with Crippen molar-refractivity contribution >= 4 is 44.7 Å². The van der Waals surface area contributed by atoms with Crippen LogP contribution < -0.4 is 5.73 Å². The lowest BCUT2D eigenvalue weighted by Gasteiger charge is -2.39. The average molecular weight is 498 g/mol. The molecule has 32 heavy (non-hydrogen) atoms. The molecule has 1 aliphatic carbocycles. The minimum atomic E-state index is -3.66. The largest absolute Gasteiger partial charge is 0.386 e. The molecule has 1 spiro atoms.